The fraction of sp³-hybridized carbons (Fsp3) is 0.235. The van der Waals surface area contributed by atoms with Gasteiger partial charge in [-0.05, 0) is 42.7 Å². The van der Waals surface area contributed by atoms with E-state index in [1.807, 2.05) is 31.2 Å². The molecule has 0 fully saturated rings. The van der Waals surface area contributed by atoms with Crippen LogP contribution in [-0.2, 0) is 11.3 Å². The quantitative estimate of drug-likeness (QED) is 0.877. The Morgan fingerprint density at radius 2 is 2.00 bits per heavy atom. The van der Waals surface area contributed by atoms with E-state index in [9.17, 15) is 5.11 Å². The Morgan fingerprint density at radius 1 is 1.24 bits per heavy atom. The average Bonchev–Trinajstić information content (AvgIpc) is 2.52. The maximum atomic E-state index is 9.56. The minimum absolute atomic E-state index is 0.0763. The highest BCUT2D eigenvalue weighted by Gasteiger charge is 2.01. The SMILES string of the molecule is COc1ccc(COC(C)C#Cc2ncccc2O)cc1. The van der Waals surface area contributed by atoms with Crippen LogP contribution in [0.15, 0.2) is 42.6 Å². The van der Waals surface area contributed by atoms with Crippen molar-refractivity contribution in [2.75, 3.05) is 7.11 Å². The Morgan fingerprint density at radius 3 is 2.67 bits per heavy atom. The maximum Gasteiger partial charge on any atom is 0.154 e. The lowest BCUT2D eigenvalue weighted by Crippen LogP contribution is -2.05. The largest absolute Gasteiger partial charge is 0.505 e. The average molecular weight is 283 g/mol. The van der Waals surface area contributed by atoms with Crippen molar-refractivity contribution in [3.05, 3.63) is 53.9 Å². The van der Waals surface area contributed by atoms with Crippen LogP contribution in [0.2, 0.25) is 0 Å². The molecule has 1 aromatic heterocycles. The first-order valence-corrected chi connectivity index (χ1v) is 6.59. The minimum atomic E-state index is -0.256. The number of aromatic hydroxyl groups is 1. The van der Waals surface area contributed by atoms with Gasteiger partial charge in [-0.3, -0.25) is 0 Å². The van der Waals surface area contributed by atoms with E-state index in [2.05, 4.69) is 16.8 Å². The highest BCUT2D eigenvalue weighted by molar-refractivity contribution is 5.39. The summed E-state index contributed by atoms with van der Waals surface area (Å²) in [6.07, 6.45) is 1.33. The second kappa shape index (κ2) is 7.32. The number of hydrogen-bond donors (Lipinski definition) is 1. The minimum Gasteiger partial charge on any atom is -0.505 e. The lowest BCUT2D eigenvalue weighted by atomic mass is 10.2. The smallest absolute Gasteiger partial charge is 0.154 e. The van der Waals surface area contributed by atoms with Gasteiger partial charge >= 0.3 is 0 Å². The van der Waals surface area contributed by atoms with Gasteiger partial charge in [-0.15, -0.1) is 0 Å². The molecule has 2 aromatic rings. The molecule has 0 saturated heterocycles. The van der Waals surface area contributed by atoms with E-state index in [1.54, 1.807) is 25.4 Å². The standard InChI is InChI=1S/C17H17NO3/c1-13(5-10-16-17(19)4-3-11-18-16)21-12-14-6-8-15(20-2)9-7-14/h3-4,6-9,11,13,19H,12H2,1-2H3. The molecule has 1 aromatic carbocycles. The molecule has 0 bridgehead atoms. The Balaban J connectivity index is 1.90. The lowest BCUT2D eigenvalue weighted by Gasteiger charge is -2.07. The Hall–Kier alpha value is -2.51. The van der Waals surface area contributed by atoms with Crippen molar-refractivity contribution in [2.45, 2.75) is 19.6 Å². The first kappa shape index (κ1) is 14.9. The molecule has 1 unspecified atom stereocenters. The first-order chi connectivity index (χ1) is 10.2. The number of hydrogen-bond acceptors (Lipinski definition) is 4. The van der Waals surface area contributed by atoms with Crippen molar-refractivity contribution in [3.63, 3.8) is 0 Å². The van der Waals surface area contributed by atoms with Gasteiger partial charge < -0.3 is 14.6 Å². The zero-order valence-electron chi connectivity index (χ0n) is 12.0. The number of benzene rings is 1. The van der Waals surface area contributed by atoms with Crippen molar-refractivity contribution in [1.29, 1.82) is 0 Å². The molecule has 0 saturated carbocycles. The zero-order chi connectivity index (χ0) is 15.1. The van der Waals surface area contributed by atoms with Gasteiger partial charge in [0.25, 0.3) is 0 Å². The molecule has 21 heavy (non-hydrogen) atoms. The van der Waals surface area contributed by atoms with Gasteiger partial charge in [0.15, 0.2) is 5.69 Å². The number of nitrogens with zero attached hydrogens (tertiary/aromatic N) is 1. The number of rotatable bonds is 4. The van der Waals surface area contributed by atoms with E-state index in [1.165, 1.54) is 0 Å². The van der Waals surface area contributed by atoms with Gasteiger partial charge in [-0.1, -0.05) is 18.1 Å². The van der Waals surface area contributed by atoms with Crippen molar-refractivity contribution >= 4 is 0 Å². The summed E-state index contributed by atoms with van der Waals surface area (Å²) in [5.74, 6) is 6.62. The van der Waals surface area contributed by atoms with Gasteiger partial charge in [0.1, 0.15) is 17.6 Å². The summed E-state index contributed by atoms with van der Waals surface area (Å²) in [6.45, 7) is 2.32. The predicted molar refractivity (Wildman–Crippen MR) is 80.0 cm³/mol. The summed E-state index contributed by atoms with van der Waals surface area (Å²) in [7, 11) is 1.64. The van der Waals surface area contributed by atoms with Crippen LogP contribution in [0.4, 0.5) is 0 Å². The summed E-state index contributed by atoms with van der Waals surface area (Å²) in [5.41, 5.74) is 1.41. The molecule has 0 spiro atoms. The molecule has 0 aliphatic rings. The fourth-order valence-electron chi connectivity index (χ4n) is 1.65. The molecule has 4 heteroatoms. The van der Waals surface area contributed by atoms with E-state index in [4.69, 9.17) is 9.47 Å². The summed E-state index contributed by atoms with van der Waals surface area (Å²) in [6, 6.07) is 10.9. The Bertz CT molecular complexity index is 641. The van der Waals surface area contributed by atoms with Crippen LogP contribution in [0, 0.1) is 11.8 Å². The number of pyridine rings is 1. The van der Waals surface area contributed by atoms with E-state index in [-0.39, 0.29) is 11.9 Å². The number of aromatic nitrogens is 1. The van der Waals surface area contributed by atoms with Gasteiger partial charge in [0.2, 0.25) is 0 Å². The highest BCUT2D eigenvalue weighted by Crippen LogP contribution is 2.13. The lowest BCUT2D eigenvalue weighted by molar-refractivity contribution is 0.0900. The molecule has 0 radical (unpaired) electrons. The topological polar surface area (TPSA) is 51.6 Å². The third-order valence-corrected chi connectivity index (χ3v) is 2.84. The Kier molecular flexibility index (Phi) is 5.19. The van der Waals surface area contributed by atoms with Crippen LogP contribution in [0.5, 0.6) is 11.5 Å². The molecule has 0 amide bonds. The van der Waals surface area contributed by atoms with Crippen LogP contribution >= 0.6 is 0 Å². The van der Waals surface area contributed by atoms with E-state index < -0.39 is 0 Å². The molecule has 1 atom stereocenters. The van der Waals surface area contributed by atoms with E-state index in [0.717, 1.165) is 11.3 Å². The van der Waals surface area contributed by atoms with E-state index >= 15 is 0 Å². The first-order valence-electron chi connectivity index (χ1n) is 6.59. The second-order valence-corrected chi connectivity index (χ2v) is 4.44. The van der Waals surface area contributed by atoms with Gasteiger partial charge in [0.05, 0.1) is 13.7 Å². The molecule has 0 aliphatic carbocycles. The molecule has 1 heterocycles. The normalized spacial score (nSPS) is 11.3. The summed E-state index contributed by atoms with van der Waals surface area (Å²) < 4.78 is 10.7. The predicted octanol–water partition coefficient (Wildman–Crippen LogP) is 2.75. The zero-order valence-corrected chi connectivity index (χ0v) is 12.0. The molecule has 108 valence electrons. The highest BCUT2D eigenvalue weighted by atomic mass is 16.5. The summed E-state index contributed by atoms with van der Waals surface area (Å²) >= 11 is 0. The molecule has 4 nitrogen and oxygen atoms in total. The monoisotopic (exact) mass is 283 g/mol. The number of ether oxygens (including phenoxy) is 2. The van der Waals surface area contributed by atoms with Crippen molar-refractivity contribution in [2.24, 2.45) is 0 Å². The van der Waals surface area contributed by atoms with Crippen LogP contribution in [0.25, 0.3) is 0 Å². The number of methoxy groups -OCH3 is 1. The fourth-order valence-corrected chi connectivity index (χ4v) is 1.65. The molecule has 1 N–H and O–H groups in total. The van der Waals surface area contributed by atoms with Gasteiger partial charge in [-0.25, -0.2) is 4.98 Å². The van der Waals surface area contributed by atoms with Crippen LogP contribution in [0.1, 0.15) is 18.2 Å². The molecule has 0 aliphatic heterocycles. The summed E-state index contributed by atoms with van der Waals surface area (Å²) in [5, 5.41) is 9.56. The van der Waals surface area contributed by atoms with Crippen molar-refractivity contribution in [1.82, 2.24) is 4.98 Å². The third-order valence-electron chi connectivity index (χ3n) is 2.84. The van der Waals surface area contributed by atoms with Crippen molar-refractivity contribution < 1.29 is 14.6 Å². The molecular formula is C17H17NO3. The van der Waals surface area contributed by atoms with Crippen LogP contribution < -0.4 is 4.74 Å². The Labute approximate surface area is 124 Å². The van der Waals surface area contributed by atoms with Crippen LogP contribution in [0.3, 0.4) is 0 Å². The van der Waals surface area contributed by atoms with Crippen molar-refractivity contribution in [3.8, 4) is 23.3 Å². The maximum absolute atomic E-state index is 9.56. The van der Waals surface area contributed by atoms with E-state index in [0.29, 0.717) is 12.3 Å². The second-order valence-electron chi connectivity index (χ2n) is 4.44. The summed E-state index contributed by atoms with van der Waals surface area (Å²) in [4.78, 5) is 3.99. The molecular weight excluding hydrogens is 266 g/mol. The van der Waals surface area contributed by atoms with Gasteiger partial charge in [0, 0.05) is 6.20 Å². The molecule has 2 rings (SSSR count). The van der Waals surface area contributed by atoms with Crippen LogP contribution in [-0.4, -0.2) is 23.3 Å². The van der Waals surface area contributed by atoms with Gasteiger partial charge in [-0.2, -0.15) is 0 Å². The third kappa shape index (κ3) is 4.51.